The summed E-state index contributed by atoms with van der Waals surface area (Å²) >= 11 is 3.09. The molecule has 1 aromatic carbocycles. The van der Waals surface area contributed by atoms with Gasteiger partial charge in [0, 0.05) is 10.8 Å². The zero-order valence-electron chi connectivity index (χ0n) is 12.5. The largest absolute Gasteiger partial charge is 0.487 e. The summed E-state index contributed by atoms with van der Waals surface area (Å²) in [5.41, 5.74) is 6.28. The molecule has 0 fully saturated rings. The molecule has 0 saturated heterocycles. The molecular weight excluding hydrogens is 342 g/mol. The normalized spacial score (nSPS) is 11.0. The number of thiophene rings is 2. The van der Waals surface area contributed by atoms with Gasteiger partial charge in [-0.3, -0.25) is 5.41 Å². The quantitative estimate of drug-likeness (QED) is 0.408. The van der Waals surface area contributed by atoms with E-state index in [0.29, 0.717) is 6.61 Å². The minimum absolute atomic E-state index is 0.0855. The van der Waals surface area contributed by atoms with Crippen LogP contribution in [-0.4, -0.2) is 11.0 Å². The molecule has 0 bridgehead atoms. The first-order valence-electron chi connectivity index (χ1n) is 7.19. The van der Waals surface area contributed by atoms with Gasteiger partial charge in [0.1, 0.15) is 23.9 Å². The van der Waals surface area contributed by atoms with Gasteiger partial charge in [0.2, 0.25) is 0 Å². The van der Waals surface area contributed by atoms with Crippen molar-refractivity contribution >= 4 is 38.6 Å². The number of benzene rings is 1. The van der Waals surface area contributed by atoms with Crippen LogP contribution in [0.5, 0.6) is 5.75 Å². The first-order chi connectivity index (χ1) is 11.7. The number of ether oxygens (including phenoxy) is 1. The number of hydrogen-bond acceptors (Lipinski definition) is 6. The Kier molecular flexibility index (Phi) is 3.79. The van der Waals surface area contributed by atoms with Crippen molar-refractivity contribution in [1.82, 2.24) is 5.16 Å². The molecule has 4 rings (SSSR count). The minimum atomic E-state index is 0.0855. The second kappa shape index (κ2) is 6.10. The Morgan fingerprint density at radius 3 is 2.96 bits per heavy atom. The lowest BCUT2D eigenvalue weighted by Crippen LogP contribution is -2.08. The molecule has 0 unspecified atom stereocenters. The number of hydrogen-bond donors (Lipinski definition) is 2. The molecule has 0 aliphatic heterocycles. The molecule has 0 aliphatic rings. The van der Waals surface area contributed by atoms with Crippen molar-refractivity contribution in [3.8, 4) is 16.4 Å². The predicted molar refractivity (Wildman–Crippen MR) is 97.0 cm³/mol. The summed E-state index contributed by atoms with van der Waals surface area (Å²) in [6.07, 6.45) is 0. The van der Waals surface area contributed by atoms with E-state index in [2.05, 4.69) is 5.16 Å². The van der Waals surface area contributed by atoms with Gasteiger partial charge in [-0.05, 0) is 41.1 Å². The van der Waals surface area contributed by atoms with Crippen molar-refractivity contribution < 1.29 is 9.26 Å². The minimum Gasteiger partial charge on any atom is -0.487 e. The van der Waals surface area contributed by atoms with Crippen LogP contribution in [-0.2, 0) is 6.61 Å². The van der Waals surface area contributed by atoms with Gasteiger partial charge < -0.3 is 15.0 Å². The average molecular weight is 355 g/mol. The van der Waals surface area contributed by atoms with Crippen LogP contribution < -0.4 is 10.5 Å². The van der Waals surface area contributed by atoms with Crippen LogP contribution in [0.3, 0.4) is 0 Å². The van der Waals surface area contributed by atoms with Gasteiger partial charge in [-0.1, -0.05) is 11.2 Å². The molecule has 24 heavy (non-hydrogen) atoms. The fourth-order valence-electron chi connectivity index (χ4n) is 2.31. The van der Waals surface area contributed by atoms with E-state index in [1.54, 1.807) is 11.3 Å². The molecule has 3 heterocycles. The first kappa shape index (κ1) is 14.9. The second-order valence-electron chi connectivity index (χ2n) is 5.17. The van der Waals surface area contributed by atoms with Gasteiger partial charge in [-0.2, -0.15) is 0 Å². The van der Waals surface area contributed by atoms with Crippen LogP contribution in [0, 0.1) is 5.41 Å². The summed E-state index contributed by atoms with van der Waals surface area (Å²) in [6, 6.07) is 13.6. The second-order valence-corrected chi connectivity index (χ2v) is 7.20. The molecule has 0 saturated carbocycles. The van der Waals surface area contributed by atoms with Crippen molar-refractivity contribution in [3.63, 3.8) is 0 Å². The molecular formula is C17H13N3O2S2. The maximum Gasteiger partial charge on any atom is 0.177 e. The summed E-state index contributed by atoms with van der Waals surface area (Å²) in [5, 5.41) is 14.6. The Bertz CT molecular complexity index is 1000. The number of nitrogen functional groups attached to an aromatic ring is 1. The highest BCUT2D eigenvalue weighted by atomic mass is 32.1. The standard InChI is InChI=1S/C17H13N3O2S2/c18-17(19)16-6-10-3-4-12(8-15(10)24-16)21-9-11-7-13(22-20-11)14-2-1-5-23-14/h1-8H,9H2,(H3,18,19). The molecule has 0 atom stereocenters. The molecule has 3 N–H and O–H groups in total. The van der Waals surface area contributed by atoms with E-state index in [0.717, 1.165) is 37.0 Å². The molecule has 0 radical (unpaired) electrons. The van der Waals surface area contributed by atoms with Crippen molar-refractivity contribution in [2.75, 3.05) is 0 Å². The van der Waals surface area contributed by atoms with E-state index in [1.165, 1.54) is 11.3 Å². The highest BCUT2D eigenvalue weighted by Gasteiger charge is 2.09. The van der Waals surface area contributed by atoms with Crippen LogP contribution in [0.15, 0.2) is 52.4 Å². The molecule has 120 valence electrons. The number of fused-ring (bicyclic) bond motifs is 1. The maximum absolute atomic E-state index is 7.52. The molecule has 3 aromatic heterocycles. The zero-order valence-corrected chi connectivity index (χ0v) is 14.1. The maximum atomic E-state index is 7.52. The van der Waals surface area contributed by atoms with Crippen molar-refractivity contribution in [2.45, 2.75) is 6.61 Å². The van der Waals surface area contributed by atoms with Gasteiger partial charge in [-0.15, -0.1) is 22.7 Å². The monoisotopic (exact) mass is 355 g/mol. The number of nitrogens with two attached hydrogens (primary N) is 1. The van der Waals surface area contributed by atoms with E-state index in [1.807, 2.05) is 47.8 Å². The Balaban J connectivity index is 1.49. The highest BCUT2D eigenvalue weighted by Crippen LogP contribution is 2.30. The van der Waals surface area contributed by atoms with Crippen LogP contribution in [0.25, 0.3) is 20.7 Å². The number of nitrogens with one attached hydrogen (secondary N) is 1. The van der Waals surface area contributed by atoms with Gasteiger partial charge in [-0.25, -0.2) is 0 Å². The topological polar surface area (TPSA) is 85.1 Å². The van der Waals surface area contributed by atoms with Crippen LogP contribution in [0.4, 0.5) is 0 Å². The third-order valence-corrected chi connectivity index (χ3v) is 5.48. The number of aromatic nitrogens is 1. The van der Waals surface area contributed by atoms with E-state index in [-0.39, 0.29) is 5.84 Å². The lowest BCUT2D eigenvalue weighted by molar-refractivity contribution is 0.290. The van der Waals surface area contributed by atoms with E-state index >= 15 is 0 Å². The van der Waals surface area contributed by atoms with Gasteiger partial charge in [0.25, 0.3) is 0 Å². The predicted octanol–water partition coefficient (Wildman–Crippen LogP) is 4.48. The average Bonchev–Trinajstić information content (AvgIpc) is 3.30. The van der Waals surface area contributed by atoms with Crippen LogP contribution >= 0.6 is 22.7 Å². The summed E-state index contributed by atoms with van der Waals surface area (Å²) in [6.45, 7) is 0.339. The van der Waals surface area contributed by atoms with Crippen molar-refractivity contribution in [2.24, 2.45) is 5.73 Å². The number of nitrogens with zero attached hydrogens (tertiary/aromatic N) is 1. The molecule has 0 spiro atoms. The van der Waals surface area contributed by atoms with Crippen LogP contribution in [0.1, 0.15) is 10.6 Å². The fraction of sp³-hybridized carbons (Fsp3) is 0.0588. The fourth-order valence-corrected chi connectivity index (χ4v) is 3.93. The van der Waals surface area contributed by atoms with Crippen LogP contribution in [0.2, 0.25) is 0 Å². The summed E-state index contributed by atoms with van der Waals surface area (Å²) < 4.78 is 12.2. The van der Waals surface area contributed by atoms with Gasteiger partial charge >= 0.3 is 0 Å². The summed E-state index contributed by atoms with van der Waals surface area (Å²) in [5.74, 6) is 1.59. The van der Waals surface area contributed by atoms with Gasteiger partial charge in [0.15, 0.2) is 5.76 Å². The summed E-state index contributed by atoms with van der Waals surface area (Å²) in [7, 11) is 0. The Hall–Kier alpha value is -2.64. The van der Waals surface area contributed by atoms with E-state index < -0.39 is 0 Å². The Labute approximate surface area is 145 Å². The molecule has 4 aromatic rings. The molecule has 0 aliphatic carbocycles. The SMILES string of the molecule is N=C(N)c1cc2ccc(OCc3cc(-c4cccs4)on3)cc2s1. The Morgan fingerprint density at radius 2 is 2.17 bits per heavy atom. The zero-order chi connectivity index (χ0) is 16.5. The number of rotatable bonds is 5. The van der Waals surface area contributed by atoms with Gasteiger partial charge in [0.05, 0.1) is 9.75 Å². The van der Waals surface area contributed by atoms with Crippen molar-refractivity contribution in [1.29, 1.82) is 5.41 Å². The molecule has 5 nitrogen and oxygen atoms in total. The third-order valence-electron chi connectivity index (χ3n) is 3.47. The number of amidine groups is 1. The highest BCUT2D eigenvalue weighted by molar-refractivity contribution is 7.20. The lowest BCUT2D eigenvalue weighted by Gasteiger charge is -2.03. The summed E-state index contributed by atoms with van der Waals surface area (Å²) in [4.78, 5) is 1.81. The van der Waals surface area contributed by atoms with E-state index in [9.17, 15) is 0 Å². The van der Waals surface area contributed by atoms with E-state index in [4.69, 9.17) is 20.4 Å². The molecule has 7 heteroatoms. The third kappa shape index (κ3) is 2.91. The van der Waals surface area contributed by atoms with Crippen molar-refractivity contribution in [3.05, 3.63) is 58.4 Å². The smallest absolute Gasteiger partial charge is 0.177 e. The molecule has 0 amide bonds. The first-order valence-corrected chi connectivity index (χ1v) is 8.89. The Morgan fingerprint density at radius 1 is 1.25 bits per heavy atom. The lowest BCUT2D eigenvalue weighted by atomic mass is 10.2.